The molecule has 1 aliphatic rings. The summed E-state index contributed by atoms with van der Waals surface area (Å²) < 4.78 is 53.0. The van der Waals surface area contributed by atoms with Gasteiger partial charge in [-0.1, -0.05) is 182 Å². The smallest absolute Gasteiger partial charge is 0.307 e. The lowest BCUT2D eigenvalue weighted by Crippen LogP contribution is -2.13. The molecule has 3 nitrogen and oxygen atoms in total. The lowest BCUT2D eigenvalue weighted by Gasteiger charge is -2.24. The summed E-state index contributed by atoms with van der Waals surface area (Å²) in [6.45, 7) is 0. The van der Waals surface area contributed by atoms with Gasteiger partial charge in [0.15, 0.2) is 0 Å². The molecule has 0 saturated heterocycles. The molecule has 0 aliphatic heterocycles. The largest absolute Gasteiger partial charge is 0.417 e. The van der Waals surface area contributed by atoms with Crippen LogP contribution in [0.1, 0.15) is 28.3 Å². The van der Waals surface area contributed by atoms with E-state index in [1.807, 2.05) is 102 Å². The normalized spacial score (nSPS) is 13.5. The van der Waals surface area contributed by atoms with E-state index in [4.69, 9.17) is 4.98 Å². The molecule has 0 amide bonds. The maximum atomic E-state index is 16.2. The van der Waals surface area contributed by atoms with Gasteiger partial charge in [0, 0.05) is 38.9 Å². The molecule has 13 rings (SSSR count). The zero-order chi connectivity index (χ0) is 48.3. The maximum Gasteiger partial charge on any atom is 0.417 e. The van der Waals surface area contributed by atoms with E-state index in [0.717, 1.165) is 82.9 Å². The highest BCUT2D eigenvalue weighted by Crippen LogP contribution is 2.47. The zero-order valence-electron chi connectivity index (χ0n) is 38.9. The molecule has 0 bridgehead atoms. The van der Waals surface area contributed by atoms with E-state index >= 15 is 13.2 Å². The van der Waals surface area contributed by atoms with Gasteiger partial charge in [0.1, 0.15) is 0 Å². The highest BCUT2D eigenvalue weighted by Gasteiger charge is 2.37. The second kappa shape index (κ2) is 17.4. The quantitative estimate of drug-likeness (QED) is 0.149. The molecule has 0 spiro atoms. The molecule has 6 heteroatoms. The van der Waals surface area contributed by atoms with Gasteiger partial charge in [0.2, 0.25) is 0 Å². The summed E-state index contributed by atoms with van der Waals surface area (Å²) in [5.74, 6) is 0.0978. The number of allylic oxidation sites excluding steroid dienone is 1. The predicted molar refractivity (Wildman–Crippen MR) is 290 cm³/mol. The standard InChI is InChI=1S/C66H44F3N3/c67-66(68,69)57-42-65(72-62-35-31-50(45-21-10-3-11-22-45)39-54(62)55-40-51(32-36-63(55)72)46-23-12-4-13-24-46)64(41-56(57)59-28-16-27-58(70-59)47-25-14-5-15-26-47)71-60-33-29-48(43-17-6-1-7-18-43)37-52(60)53-38-49(30-34-61(53)71)44-19-8-2-9-20-44/h1-37,39-42,49H,38H2. The second-order valence-corrected chi connectivity index (χ2v) is 18.6. The molecular weight excluding hydrogens is 892 g/mol. The van der Waals surface area contributed by atoms with Crippen molar-refractivity contribution in [3.8, 4) is 67.3 Å². The highest BCUT2D eigenvalue weighted by atomic mass is 19.4. The van der Waals surface area contributed by atoms with E-state index in [1.165, 1.54) is 11.6 Å². The van der Waals surface area contributed by atoms with Crippen LogP contribution in [0, 0.1) is 0 Å². The fourth-order valence-corrected chi connectivity index (χ4v) is 10.9. The van der Waals surface area contributed by atoms with Crippen molar-refractivity contribution in [1.29, 1.82) is 0 Å². The average Bonchev–Trinajstić information content (AvgIpc) is 3.94. The Bertz CT molecular complexity index is 3930. The van der Waals surface area contributed by atoms with Crippen LogP contribution in [0.15, 0.2) is 243 Å². The van der Waals surface area contributed by atoms with Gasteiger partial charge in [0.05, 0.1) is 44.9 Å². The molecular formula is C66H44F3N3. The number of fused-ring (bicyclic) bond motifs is 6. The van der Waals surface area contributed by atoms with E-state index in [9.17, 15) is 0 Å². The summed E-state index contributed by atoms with van der Waals surface area (Å²) in [6.07, 6.45) is 0.384. The minimum absolute atomic E-state index is 0.00372. The van der Waals surface area contributed by atoms with Gasteiger partial charge in [-0.2, -0.15) is 13.2 Å². The number of aromatic nitrogens is 3. The van der Waals surface area contributed by atoms with Crippen molar-refractivity contribution in [1.82, 2.24) is 14.1 Å². The summed E-state index contributed by atoms with van der Waals surface area (Å²) >= 11 is 0. The van der Waals surface area contributed by atoms with Crippen LogP contribution in [-0.4, -0.2) is 14.1 Å². The molecule has 344 valence electrons. The van der Waals surface area contributed by atoms with Crippen LogP contribution in [0.4, 0.5) is 13.2 Å². The first-order valence-corrected chi connectivity index (χ1v) is 24.3. The first-order chi connectivity index (χ1) is 35.3. The molecule has 1 aliphatic carbocycles. The highest BCUT2D eigenvalue weighted by molar-refractivity contribution is 6.12. The molecule has 1 unspecified atom stereocenters. The number of hydrogen-bond acceptors (Lipinski definition) is 1. The number of nitrogens with zero attached hydrogens (tertiary/aromatic N) is 3. The first kappa shape index (κ1) is 43.1. The zero-order valence-corrected chi connectivity index (χ0v) is 38.9. The molecule has 9 aromatic carbocycles. The number of hydrogen-bond donors (Lipinski definition) is 0. The maximum absolute atomic E-state index is 16.2. The fraction of sp³-hybridized carbons (Fsp3) is 0.0455. The Kier molecular flexibility index (Phi) is 10.4. The van der Waals surface area contributed by atoms with Crippen LogP contribution in [0.25, 0.3) is 106 Å². The lowest BCUT2D eigenvalue weighted by molar-refractivity contribution is -0.137. The Balaban J connectivity index is 1.14. The Labute approximate surface area is 415 Å². The van der Waals surface area contributed by atoms with Crippen molar-refractivity contribution in [3.05, 3.63) is 265 Å². The number of halogens is 3. The van der Waals surface area contributed by atoms with Crippen LogP contribution in [-0.2, 0) is 12.6 Å². The third-order valence-electron chi connectivity index (χ3n) is 14.3. The van der Waals surface area contributed by atoms with Crippen molar-refractivity contribution in [2.24, 2.45) is 0 Å². The molecule has 72 heavy (non-hydrogen) atoms. The Morgan fingerprint density at radius 2 is 0.861 bits per heavy atom. The number of alkyl halides is 3. The van der Waals surface area contributed by atoms with Crippen LogP contribution >= 0.6 is 0 Å². The van der Waals surface area contributed by atoms with Crippen molar-refractivity contribution in [2.45, 2.75) is 18.5 Å². The van der Waals surface area contributed by atoms with Gasteiger partial charge >= 0.3 is 6.18 Å². The second-order valence-electron chi connectivity index (χ2n) is 18.6. The van der Waals surface area contributed by atoms with E-state index in [-0.39, 0.29) is 17.2 Å². The van der Waals surface area contributed by atoms with E-state index < -0.39 is 11.7 Å². The van der Waals surface area contributed by atoms with E-state index in [1.54, 1.807) is 18.2 Å². The minimum Gasteiger partial charge on any atom is -0.307 e. The summed E-state index contributed by atoms with van der Waals surface area (Å²) in [5, 5.41) is 2.92. The number of rotatable bonds is 8. The summed E-state index contributed by atoms with van der Waals surface area (Å²) in [4.78, 5) is 4.99. The average molecular weight is 936 g/mol. The van der Waals surface area contributed by atoms with Gasteiger partial charge in [0.25, 0.3) is 0 Å². The van der Waals surface area contributed by atoms with Crippen molar-refractivity contribution in [2.75, 3.05) is 0 Å². The molecule has 1 atom stereocenters. The molecule has 0 fully saturated rings. The number of pyridine rings is 1. The lowest BCUT2D eigenvalue weighted by atomic mass is 9.86. The van der Waals surface area contributed by atoms with Crippen LogP contribution in [0.3, 0.4) is 0 Å². The molecule has 12 aromatic rings. The summed E-state index contributed by atoms with van der Waals surface area (Å²) in [5.41, 5.74) is 13.9. The van der Waals surface area contributed by atoms with Gasteiger partial charge in [-0.15, -0.1) is 0 Å². The fourth-order valence-electron chi connectivity index (χ4n) is 10.9. The Morgan fingerprint density at radius 1 is 0.403 bits per heavy atom. The molecule has 3 aromatic heterocycles. The molecule has 0 N–H and O–H groups in total. The van der Waals surface area contributed by atoms with Gasteiger partial charge in [-0.3, -0.25) is 0 Å². The van der Waals surface area contributed by atoms with E-state index in [2.05, 4.69) is 132 Å². The monoisotopic (exact) mass is 935 g/mol. The van der Waals surface area contributed by atoms with Crippen molar-refractivity contribution in [3.63, 3.8) is 0 Å². The topological polar surface area (TPSA) is 22.8 Å². The van der Waals surface area contributed by atoms with Crippen molar-refractivity contribution < 1.29 is 13.2 Å². The van der Waals surface area contributed by atoms with Crippen molar-refractivity contribution >= 4 is 38.8 Å². The Hall–Kier alpha value is -9.00. The van der Waals surface area contributed by atoms with Gasteiger partial charge in [-0.05, 0) is 118 Å². The summed E-state index contributed by atoms with van der Waals surface area (Å²) in [7, 11) is 0. The van der Waals surface area contributed by atoms with Crippen LogP contribution in [0.2, 0.25) is 0 Å². The number of benzene rings is 9. The third-order valence-corrected chi connectivity index (χ3v) is 14.3. The Morgan fingerprint density at radius 3 is 1.39 bits per heavy atom. The third kappa shape index (κ3) is 7.51. The predicted octanol–water partition coefficient (Wildman–Crippen LogP) is 17.8. The van der Waals surface area contributed by atoms with Gasteiger partial charge in [-0.25, -0.2) is 4.98 Å². The van der Waals surface area contributed by atoms with Gasteiger partial charge < -0.3 is 9.13 Å². The summed E-state index contributed by atoms with van der Waals surface area (Å²) in [6, 6.07) is 78.5. The first-order valence-electron chi connectivity index (χ1n) is 24.3. The molecule has 3 heterocycles. The van der Waals surface area contributed by atoms with Crippen LogP contribution in [0.5, 0.6) is 0 Å². The SMILES string of the molecule is FC(F)(F)c1cc(-n2c3ccc(-c4ccccc4)cc3c3cc(-c4ccccc4)ccc32)c(-n2c3c(c4cc(-c5ccccc5)ccc42)CC(c2ccccc2)C=C3)cc1-c1cccc(-c2ccccc2)n1. The van der Waals surface area contributed by atoms with Crippen LogP contribution < -0.4 is 0 Å². The van der Waals surface area contributed by atoms with E-state index in [0.29, 0.717) is 23.5 Å². The minimum atomic E-state index is -4.75. The molecule has 0 radical (unpaired) electrons. The molecule has 0 saturated carbocycles.